The van der Waals surface area contributed by atoms with Crippen molar-refractivity contribution in [3.05, 3.63) is 29.8 Å². The molecule has 27 heavy (non-hydrogen) atoms. The third-order valence-corrected chi connectivity index (χ3v) is 5.75. The Balaban J connectivity index is 1.99. The maximum atomic E-state index is 12.8. The molecule has 0 radical (unpaired) electrons. The molecule has 0 unspecified atom stereocenters. The summed E-state index contributed by atoms with van der Waals surface area (Å²) in [6.07, 6.45) is -1.05. The number of ketones is 1. The van der Waals surface area contributed by atoms with Crippen LogP contribution >= 0.6 is 0 Å². The van der Waals surface area contributed by atoms with Crippen molar-refractivity contribution in [3.63, 3.8) is 0 Å². The van der Waals surface area contributed by atoms with Gasteiger partial charge in [-0.3, -0.25) is 4.79 Å². The number of alkyl carbamates (subject to hydrolysis) is 1. The first kappa shape index (κ1) is 21.3. The topological polar surface area (TPSA) is 102 Å². The van der Waals surface area contributed by atoms with Crippen LogP contribution in [0.1, 0.15) is 38.1 Å². The number of rotatable bonds is 5. The Labute approximate surface area is 159 Å². The Bertz CT molecular complexity index is 783. The number of nitrogens with one attached hydrogen (secondary N) is 1. The number of carbonyl (C=O) groups is 2. The van der Waals surface area contributed by atoms with E-state index in [1.807, 2.05) is 0 Å². The highest BCUT2D eigenvalue weighted by Crippen LogP contribution is 2.19. The number of morpholine rings is 1. The summed E-state index contributed by atoms with van der Waals surface area (Å²) in [7, 11) is -3.71. The molecule has 150 valence electrons. The minimum atomic E-state index is -3.71. The van der Waals surface area contributed by atoms with E-state index in [4.69, 9.17) is 9.47 Å². The number of sulfonamides is 1. The first-order valence-electron chi connectivity index (χ1n) is 8.68. The van der Waals surface area contributed by atoms with E-state index in [1.165, 1.54) is 35.5 Å². The molecule has 9 heteroatoms. The number of hydrogen-bond acceptors (Lipinski definition) is 6. The van der Waals surface area contributed by atoms with Crippen LogP contribution in [0.5, 0.6) is 0 Å². The van der Waals surface area contributed by atoms with Gasteiger partial charge < -0.3 is 14.8 Å². The normalized spacial score (nSPS) is 18.7. The van der Waals surface area contributed by atoms with E-state index in [9.17, 15) is 18.0 Å². The largest absolute Gasteiger partial charge is 0.444 e. The third-order valence-electron chi connectivity index (χ3n) is 3.87. The summed E-state index contributed by atoms with van der Waals surface area (Å²) in [6.45, 7) is 7.41. The maximum Gasteiger partial charge on any atom is 0.407 e. The lowest BCUT2D eigenvalue weighted by Gasteiger charge is -2.32. The van der Waals surface area contributed by atoms with Gasteiger partial charge in [-0.05, 0) is 39.8 Å². The molecule has 0 bridgehead atoms. The summed E-state index contributed by atoms with van der Waals surface area (Å²) in [4.78, 5) is 23.2. The van der Waals surface area contributed by atoms with E-state index in [2.05, 4.69) is 5.32 Å². The predicted octanol–water partition coefficient (Wildman–Crippen LogP) is 1.80. The second-order valence-electron chi connectivity index (χ2n) is 7.32. The average Bonchev–Trinajstić information content (AvgIpc) is 2.59. The molecule has 1 atom stereocenters. The highest BCUT2D eigenvalue weighted by atomic mass is 32.2. The average molecular weight is 398 g/mol. The van der Waals surface area contributed by atoms with Gasteiger partial charge in [-0.1, -0.05) is 12.1 Å². The van der Waals surface area contributed by atoms with Gasteiger partial charge in [-0.25, -0.2) is 13.2 Å². The summed E-state index contributed by atoms with van der Waals surface area (Å²) in [5, 5.41) is 2.60. The van der Waals surface area contributed by atoms with Crippen LogP contribution in [-0.2, 0) is 19.5 Å². The van der Waals surface area contributed by atoms with Gasteiger partial charge in [0.2, 0.25) is 10.0 Å². The first-order chi connectivity index (χ1) is 12.5. The minimum Gasteiger partial charge on any atom is -0.444 e. The molecule has 8 nitrogen and oxygen atoms in total. The highest BCUT2D eigenvalue weighted by molar-refractivity contribution is 7.89. The predicted molar refractivity (Wildman–Crippen MR) is 99.2 cm³/mol. The van der Waals surface area contributed by atoms with Gasteiger partial charge in [0.25, 0.3) is 0 Å². The van der Waals surface area contributed by atoms with Crippen molar-refractivity contribution in [2.24, 2.45) is 0 Å². The van der Waals surface area contributed by atoms with Crippen molar-refractivity contribution in [1.82, 2.24) is 9.62 Å². The van der Waals surface area contributed by atoms with E-state index < -0.39 is 27.8 Å². The fourth-order valence-electron chi connectivity index (χ4n) is 2.56. The summed E-state index contributed by atoms with van der Waals surface area (Å²) in [6, 6.07) is 5.85. The van der Waals surface area contributed by atoms with Gasteiger partial charge in [-0.15, -0.1) is 0 Å². The number of benzene rings is 1. The lowest BCUT2D eigenvalue weighted by atomic mass is 10.2. The lowest BCUT2D eigenvalue weighted by Crippen LogP contribution is -2.49. The van der Waals surface area contributed by atoms with Crippen LogP contribution < -0.4 is 5.32 Å². The molecule has 0 saturated carbocycles. The number of hydrogen-bond donors (Lipinski definition) is 1. The number of carbonyl (C=O) groups excluding carboxylic acids is 2. The molecule has 1 aromatic carbocycles. The van der Waals surface area contributed by atoms with Crippen molar-refractivity contribution >= 4 is 21.9 Å². The molecule has 1 N–H and O–H groups in total. The van der Waals surface area contributed by atoms with Crippen LogP contribution in [0.15, 0.2) is 29.2 Å². The fourth-order valence-corrected chi connectivity index (χ4v) is 4.01. The summed E-state index contributed by atoms with van der Waals surface area (Å²) in [5.74, 6) is -0.126. The van der Waals surface area contributed by atoms with Crippen molar-refractivity contribution < 1.29 is 27.5 Å². The molecule has 2 rings (SSSR count). The van der Waals surface area contributed by atoms with Gasteiger partial charge in [0.1, 0.15) is 5.60 Å². The monoisotopic (exact) mass is 398 g/mol. The Kier molecular flexibility index (Phi) is 6.61. The molecule has 1 aliphatic heterocycles. The van der Waals surface area contributed by atoms with Crippen molar-refractivity contribution in [1.29, 1.82) is 0 Å². The quantitative estimate of drug-likeness (QED) is 0.759. The van der Waals surface area contributed by atoms with Gasteiger partial charge in [0.05, 0.1) is 17.6 Å². The number of nitrogens with zero attached hydrogens (tertiary/aromatic N) is 1. The Morgan fingerprint density at radius 3 is 2.44 bits per heavy atom. The van der Waals surface area contributed by atoms with Crippen LogP contribution in [0, 0.1) is 0 Å². The van der Waals surface area contributed by atoms with E-state index in [0.29, 0.717) is 5.56 Å². The molecule has 1 fully saturated rings. The van der Waals surface area contributed by atoms with Crippen LogP contribution in [0.4, 0.5) is 4.79 Å². The van der Waals surface area contributed by atoms with Gasteiger partial charge in [-0.2, -0.15) is 4.31 Å². The van der Waals surface area contributed by atoms with E-state index in [1.54, 1.807) is 20.8 Å². The fraction of sp³-hybridized carbons (Fsp3) is 0.556. The van der Waals surface area contributed by atoms with Crippen LogP contribution in [0.3, 0.4) is 0 Å². The summed E-state index contributed by atoms with van der Waals surface area (Å²) >= 11 is 0. The van der Waals surface area contributed by atoms with Crippen LogP contribution in [-0.4, -0.2) is 62.5 Å². The SMILES string of the molecule is CC(=O)c1ccc(S(=O)(=O)N2CCO[C@@H](CNC(=O)OC(C)(C)C)C2)cc1. The van der Waals surface area contributed by atoms with Crippen LogP contribution in [0.25, 0.3) is 0 Å². The second-order valence-corrected chi connectivity index (χ2v) is 9.26. The minimum absolute atomic E-state index is 0.118. The molecule has 0 aliphatic carbocycles. The molecule has 0 aromatic heterocycles. The molecule has 1 heterocycles. The molecule has 1 amide bonds. The maximum absolute atomic E-state index is 12.8. The zero-order valence-corrected chi connectivity index (χ0v) is 16.8. The molecule has 1 aromatic rings. The number of Topliss-reactive ketones (excluding diaryl/α,β-unsaturated/α-hetero) is 1. The molecule has 1 aliphatic rings. The Morgan fingerprint density at radius 1 is 1.26 bits per heavy atom. The number of ether oxygens (including phenoxy) is 2. The van der Waals surface area contributed by atoms with E-state index in [-0.39, 0.29) is 36.9 Å². The Hall–Kier alpha value is -1.97. The van der Waals surface area contributed by atoms with Gasteiger partial charge in [0, 0.05) is 25.2 Å². The van der Waals surface area contributed by atoms with E-state index in [0.717, 1.165) is 0 Å². The second kappa shape index (κ2) is 8.37. The molecule has 0 spiro atoms. The molecule has 1 saturated heterocycles. The highest BCUT2D eigenvalue weighted by Gasteiger charge is 2.31. The van der Waals surface area contributed by atoms with Crippen molar-refractivity contribution in [2.45, 2.75) is 44.3 Å². The number of amides is 1. The van der Waals surface area contributed by atoms with Gasteiger partial charge in [0.15, 0.2) is 5.78 Å². The third kappa shape index (κ3) is 6.02. The summed E-state index contributed by atoms with van der Waals surface area (Å²) in [5.41, 5.74) is -0.158. The van der Waals surface area contributed by atoms with Gasteiger partial charge >= 0.3 is 6.09 Å². The van der Waals surface area contributed by atoms with Crippen molar-refractivity contribution in [3.8, 4) is 0 Å². The first-order valence-corrected chi connectivity index (χ1v) is 10.1. The van der Waals surface area contributed by atoms with E-state index >= 15 is 0 Å². The van der Waals surface area contributed by atoms with Crippen LogP contribution in [0.2, 0.25) is 0 Å². The molecular formula is C18H26N2O6S. The standard InChI is InChI=1S/C18H26N2O6S/c1-13(21)14-5-7-16(8-6-14)27(23,24)20-9-10-25-15(12-20)11-19-17(22)26-18(2,3)4/h5-8,15H,9-12H2,1-4H3,(H,19,22)/t15-/m0/s1. The van der Waals surface area contributed by atoms with Crippen molar-refractivity contribution in [2.75, 3.05) is 26.2 Å². The zero-order valence-electron chi connectivity index (χ0n) is 16.0. The smallest absolute Gasteiger partial charge is 0.407 e. The summed E-state index contributed by atoms with van der Waals surface area (Å²) < 4.78 is 37.7. The lowest BCUT2D eigenvalue weighted by molar-refractivity contribution is -0.00357. The Morgan fingerprint density at radius 2 is 1.89 bits per heavy atom. The zero-order chi connectivity index (χ0) is 20.2. The molecular weight excluding hydrogens is 372 g/mol.